The van der Waals surface area contributed by atoms with Crippen LogP contribution in [-0.4, -0.2) is 25.3 Å². The summed E-state index contributed by atoms with van der Waals surface area (Å²) in [6.45, 7) is 1.73. The van der Waals surface area contributed by atoms with Crippen molar-refractivity contribution in [1.82, 2.24) is 0 Å². The van der Waals surface area contributed by atoms with Crippen molar-refractivity contribution in [3.05, 3.63) is 29.6 Å². The Morgan fingerprint density at radius 1 is 1.24 bits per heavy atom. The van der Waals surface area contributed by atoms with Crippen LogP contribution in [0.4, 0.5) is 10.1 Å². The molecule has 2 aliphatic rings. The smallest absolute Gasteiger partial charge is 0.125 e. The summed E-state index contributed by atoms with van der Waals surface area (Å²) in [5.74, 6) is 0.138. The van der Waals surface area contributed by atoms with Crippen LogP contribution in [0.2, 0.25) is 0 Å². The van der Waals surface area contributed by atoms with E-state index in [1.165, 1.54) is 6.07 Å². The molecular formula is C13H15ClFNO. The van der Waals surface area contributed by atoms with Crippen molar-refractivity contribution < 1.29 is 9.13 Å². The number of ether oxygens (including phenoxy) is 1. The molecule has 2 unspecified atom stereocenters. The van der Waals surface area contributed by atoms with E-state index in [9.17, 15) is 4.39 Å². The average Bonchev–Trinajstić information content (AvgIpc) is 2.67. The summed E-state index contributed by atoms with van der Waals surface area (Å²) < 4.78 is 19.2. The van der Waals surface area contributed by atoms with Crippen LogP contribution in [0, 0.1) is 5.82 Å². The third-order valence-corrected chi connectivity index (χ3v) is 3.81. The van der Waals surface area contributed by atoms with Gasteiger partial charge in [-0.05, 0) is 36.6 Å². The summed E-state index contributed by atoms with van der Waals surface area (Å²) in [5.41, 5.74) is 1.77. The van der Waals surface area contributed by atoms with E-state index >= 15 is 0 Å². The summed E-state index contributed by atoms with van der Waals surface area (Å²) >= 11 is 5.77. The molecule has 0 saturated carbocycles. The number of fused-ring (bicyclic) bond motifs is 2. The van der Waals surface area contributed by atoms with E-state index in [-0.39, 0.29) is 5.82 Å². The zero-order valence-electron chi connectivity index (χ0n) is 9.53. The number of hydrogen-bond donors (Lipinski definition) is 0. The van der Waals surface area contributed by atoms with E-state index in [0.717, 1.165) is 37.2 Å². The van der Waals surface area contributed by atoms with Gasteiger partial charge >= 0.3 is 0 Å². The van der Waals surface area contributed by atoms with Crippen molar-refractivity contribution in [3.8, 4) is 0 Å². The summed E-state index contributed by atoms with van der Waals surface area (Å²) in [5, 5.41) is 0. The molecule has 0 N–H and O–H groups in total. The van der Waals surface area contributed by atoms with Gasteiger partial charge in [0.2, 0.25) is 0 Å². The van der Waals surface area contributed by atoms with Crippen molar-refractivity contribution >= 4 is 17.3 Å². The SMILES string of the molecule is Fc1cc(CCl)cc(N2CC3CCC(C2)O3)c1. The first-order valence-electron chi connectivity index (χ1n) is 6.00. The zero-order chi connectivity index (χ0) is 11.8. The second-order valence-electron chi connectivity index (χ2n) is 4.81. The Balaban J connectivity index is 1.86. The lowest BCUT2D eigenvalue weighted by Crippen LogP contribution is -2.42. The van der Waals surface area contributed by atoms with Crippen molar-refractivity contribution in [2.24, 2.45) is 0 Å². The number of halogens is 2. The minimum Gasteiger partial charge on any atom is -0.371 e. The standard InChI is InChI=1S/C13H15ClFNO/c14-6-9-3-10(15)5-11(4-9)16-7-12-1-2-13(8-16)17-12/h3-5,12-13H,1-2,6-8H2. The Morgan fingerprint density at radius 3 is 2.59 bits per heavy atom. The Kier molecular flexibility index (Phi) is 2.97. The molecule has 3 rings (SSSR count). The Labute approximate surface area is 105 Å². The van der Waals surface area contributed by atoms with E-state index in [2.05, 4.69) is 4.90 Å². The second-order valence-corrected chi connectivity index (χ2v) is 5.08. The number of nitrogens with zero attached hydrogens (tertiary/aromatic N) is 1. The fourth-order valence-electron chi connectivity index (χ4n) is 2.72. The van der Waals surface area contributed by atoms with Crippen LogP contribution in [-0.2, 0) is 10.6 Å². The van der Waals surface area contributed by atoms with E-state index in [0.29, 0.717) is 18.1 Å². The highest BCUT2D eigenvalue weighted by atomic mass is 35.5. The molecule has 2 fully saturated rings. The lowest BCUT2D eigenvalue weighted by atomic mass is 10.1. The van der Waals surface area contributed by atoms with Gasteiger partial charge in [0.05, 0.1) is 12.2 Å². The van der Waals surface area contributed by atoms with Gasteiger partial charge in [0, 0.05) is 24.7 Å². The Hall–Kier alpha value is -0.800. The Morgan fingerprint density at radius 2 is 1.94 bits per heavy atom. The van der Waals surface area contributed by atoms with Crippen LogP contribution >= 0.6 is 11.6 Å². The lowest BCUT2D eigenvalue weighted by Gasteiger charge is -2.34. The molecule has 2 heterocycles. The van der Waals surface area contributed by atoms with Crippen LogP contribution in [0.25, 0.3) is 0 Å². The maximum absolute atomic E-state index is 13.5. The van der Waals surface area contributed by atoms with Gasteiger partial charge in [-0.1, -0.05) is 0 Å². The van der Waals surface area contributed by atoms with Crippen LogP contribution in [0.3, 0.4) is 0 Å². The molecule has 1 aromatic carbocycles. The van der Waals surface area contributed by atoms with E-state index < -0.39 is 0 Å². The number of alkyl halides is 1. The second kappa shape index (κ2) is 4.46. The van der Waals surface area contributed by atoms with Gasteiger partial charge in [-0.3, -0.25) is 0 Å². The summed E-state index contributed by atoms with van der Waals surface area (Å²) in [4.78, 5) is 2.21. The predicted octanol–water partition coefficient (Wildman–Crippen LogP) is 2.93. The number of benzene rings is 1. The fourth-order valence-corrected chi connectivity index (χ4v) is 2.87. The molecule has 2 nitrogen and oxygen atoms in total. The van der Waals surface area contributed by atoms with Crippen molar-refractivity contribution in [1.29, 1.82) is 0 Å². The quantitative estimate of drug-likeness (QED) is 0.754. The van der Waals surface area contributed by atoms with Crippen LogP contribution < -0.4 is 4.90 Å². The topological polar surface area (TPSA) is 12.5 Å². The van der Waals surface area contributed by atoms with Crippen molar-refractivity contribution in [2.45, 2.75) is 30.9 Å². The van der Waals surface area contributed by atoms with Gasteiger partial charge in [-0.15, -0.1) is 11.6 Å². The first kappa shape index (κ1) is 11.3. The van der Waals surface area contributed by atoms with Crippen LogP contribution in [0.15, 0.2) is 18.2 Å². The third-order valence-electron chi connectivity index (χ3n) is 3.51. The van der Waals surface area contributed by atoms with Gasteiger partial charge in [0.25, 0.3) is 0 Å². The highest BCUT2D eigenvalue weighted by Crippen LogP contribution is 2.30. The lowest BCUT2D eigenvalue weighted by molar-refractivity contribution is 0.0305. The molecule has 0 aromatic heterocycles. The third kappa shape index (κ3) is 2.26. The van der Waals surface area contributed by atoms with Gasteiger partial charge in [-0.2, -0.15) is 0 Å². The molecule has 0 amide bonds. The van der Waals surface area contributed by atoms with E-state index in [4.69, 9.17) is 16.3 Å². The van der Waals surface area contributed by atoms with Crippen LogP contribution in [0.1, 0.15) is 18.4 Å². The van der Waals surface area contributed by atoms with Crippen molar-refractivity contribution in [2.75, 3.05) is 18.0 Å². The molecule has 1 aromatic rings. The Bertz CT molecular complexity index is 414. The molecule has 0 radical (unpaired) electrons. The molecular weight excluding hydrogens is 241 g/mol. The van der Waals surface area contributed by atoms with E-state index in [1.54, 1.807) is 6.07 Å². The molecule has 4 heteroatoms. The molecule has 0 spiro atoms. The molecule has 17 heavy (non-hydrogen) atoms. The average molecular weight is 256 g/mol. The number of anilines is 1. The fraction of sp³-hybridized carbons (Fsp3) is 0.538. The minimum absolute atomic E-state index is 0.211. The first-order valence-corrected chi connectivity index (χ1v) is 6.54. The zero-order valence-corrected chi connectivity index (χ0v) is 10.3. The maximum Gasteiger partial charge on any atom is 0.125 e. The molecule has 2 bridgehead atoms. The van der Waals surface area contributed by atoms with Crippen LogP contribution in [0.5, 0.6) is 0 Å². The number of morpholine rings is 1. The highest BCUT2D eigenvalue weighted by Gasteiger charge is 2.33. The predicted molar refractivity (Wildman–Crippen MR) is 66.1 cm³/mol. The van der Waals surface area contributed by atoms with Gasteiger partial charge in [0.1, 0.15) is 5.82 Å². The van der Waals surface area contributed by atoms with Crippen molar-refractivity contribution in [3.63, 3.8) is 0 Å². The van der Waals surface area contributed by atoms with E-state index in [1.807, 2.05) is 6.07 Å². The number of hydrogen-bond acceptors (Lipinski definition) is 2. The molecule has 2 aliphatic heterocycles. The largest absolute Gasteiger partial charge is 0.371 e. The minimum atomic E-state index is -0.211. The van der Waals surface area contributed by atoms with Gasteiger partial charge < -0.3 is 9.64 Å². The number of rotatable bonds is 2. The molecule has 2 saturated heterocycles. The first-order chi connectivity index (χ1) is 8.24. The summed E-state index contributed by atoms with van der Waals surface area (Å²) in [7, 11) is 0. The molecule has 2 atom stereocenters. The van der Waals surface area contributed by atoms with Gasteiger partial charge in [-0.25, -0.2) is 4.39 Å². The highest BCUT2D eigenvalue weighted by molar-refractivity contribution is 6.17. The monoisotopic (exact) mass is 255 g/mol. The van der Waals surface area contributed by atoms with Gasteiger partial charge in [0.15, 0.2) is 0 Å². The summed E-state index contributed by atoms with van der Waals surface area (Å²) in [6, 6.07) is 5.05. The maximum atomic E-state index is 13.5. The summed E-state index contributed by atoms with van der Waals surface area (Å²) in [6.07, 6.45) is 2.88. The molecule has 0 aliphatic carbocycles. The molecule has 92 valence electrons. The normalized spacial score (nSPS) is 27.5.